The Morgan fingerprint density at radius 3 is 2.96 bits per heavy atom. The lowest BCUT2D eigenvalue weighted by atomic mass is 9.93. The van der Waals surface area contributed by atoms with Crippen LogP contribution in [0.4, 0.5) is 5.82 Å². The number of benzene rings is 1. The highest BCUT2D eigenvalue weighted by molar-refractivity contribution is 7.10. The van der Waals surface area contributed by atoms with E-state index in [0.717, 1.165) is 16.9 Å². The highest BCUT2D eigenvalue weighted by Gasteiger charge is 2.30. The molecule has 0 spiro atoms. The number of amides is 1. The van der Waals surface area contributed by atoms with Gasteiger partial charge in [0.15, 0.2) is 0 Å². The van der Waals surface area contributed by atoms with Gasteiger partial charge in [-0.25, -0.2) is 4.68 Å². The number of halogens is 1. The molecular weight excluding hydrogens is 330 g/mol. The molecule has 0 bridgehead atoms. The molecule has 1 aliphatic rings. The van der Waals surface area contributed by atoms with Crippen LogP contribution in [0.25, 0.3) is 0 Å². The molecule has 1 N–H and O–H groups in total. The summed E-state index contributed by atoms with van der Waals surface area (Å²) in [5.41, 5.74) is 2.05. The molecule has 23 heavy (non-hydrogen) atoms. The van der Waals surface area contributed by atoms with E-state index in [9.17, 15) is 4.79 Å². The van der Waals surface area contributed by atoms with Gasteiger partial charge in [-0.3, -0.25) is 4.79 Å². The van der Waals surface area contributed by atoms with E-state index in [1.165, 1.54) is 4.88 Å². The lowest BCUT2D eigenvalue weighted by Gasteiger charge is -2.22. The number of thiophene rings is 1. The number of hydrogen-bond donors (Lipinski definition) is 1. The molecule has 4 nitrogen and oxygen atoms in total. The molecule has 3 heterocycles. The molecule has 6 heteroatoms. The number of nitrogens with one attached hydrogen (secondary N) is 1. The van der Waals surface area contributed by atoms with Crippen molar-refractivity contribution in [3.63, 3.8) is 0 Å². The van der Waals surface area contributed by atoms with Gasteiger partial charge in [0.2, 0.25) is 5.91 Å². The van der Waals surface area contributed by atoms with Crippen LogP contribution in [0.2, 0.25) is 5.02 Å². The van der Waals surface area contributed by atoms with E-state index < -0.39 is 0 Å². The monoisotopic (exact) mass is 343 g/mol. The number of carbonyl (C=O) groups is 1. The Balaban J connectivity index is 1.72. The second-order valence-electron chi connectivity index (χ2n) is 5.52. The molecule has 0 saturated carbocycles. The van der Waals surface area contributed by atoms with Crippen molar-refractivity contribution in [1.82, 2.24) is 9.78 Å². The summed E-state index contributed by atoms with van der Waals surface area (Å²) in [6.45, 7) is 0.534. The van der Waals surface area contributed by atoms with Crippen LogP contribution in [0, 0.1) is 0 Å². The first-order chi connectivity index (χ1) is 11.2. The fraction of sp³-hybridized carbons (Fsp3) is 0.176. The molecule has 1 amide bonds. The van der Waals surface area contributed by atoms with Crippen LogP contribution in [0.15, 0.2) is 48.0 Å². The molecule has 0 radical (unpaired) electrons. The Hall–Kier alpha value is -2.11. The fourth-order valence-corrected chi connectivity index (χ4v) is 3.96. The Labute approximate surface area is 142 Å². The number of nitrogens with zero attached hydrogens (tertiary/aromatic N) is 2. The zero-order chi connectivity index (χ0) is 15.8. The molecule has 0 fully saturated rings. The van der Waals surface area contributed by atoms with Crippen molar-refractivity contribution in [2.24, 2.45) is 0 Å². The van der Waals surface area contributed by atoms with Crippen LogP contribution in [0.3, 0.4) is 0 Å². The van der Waals surface area contributed by atoms with Crippen molar-refractivity contribution in [2.75, 3.05) is 5.32 Å². The minimum Gasteiger partial charge on any atom is -0.311 e. The van der Waals surface area contributed by atoms with Crippen molar-refractivity contribution >= 4 is 34.7 Å². The van der Waals surface area contributed by atoms with Crippen molar-refractivity contribution in [3.05, 3.63) is 69.0 Å². The summed E-state index contributed by atoms with van der Waals surface area (Å²) < 4.78 is 1.81. The SMILES string of the molecule is O=C1CC(c2cccs2)c2cnn(Cc3ccccc3Cl)c2N1. The van der Waals surface area contributed by atoms with Crippen molar-refractivity contribution < 1.29 is 4.79 Å². The summed E-state index contributed by atoms with van der Waals surface area (Å²) >= 11 is 7.91. The lowest BCUT2D eigenvalue weighted by molar-refractivity contribution is -0.116. The van der Waals surface area contributed by atoms with Gasteiger partial charge in [-0.1, -0.05) is 35.9 Å². The lowest BCUT2D eigenvalue weighted by Crippen LogP contribution is -2.24. The number of fused-ring (bicyclic) bond motifs is 1. The van der Waals surface area contributed by atoms with Crippen LogP contribution in [0.1, 0.15) is 28.3 Å². The maximum Gasteiger partial charge on any atom is 0.226 e. The summed E-state index contributed by atoms with van der Waals surface area (Å²) in [5.74, 6) is 0.884. The third-order valence-electron chi connectivity index (χ3n) is 4.06. The quantitative estimate of drug-likeness (QED) is 0.777. The molecule has 1 atom stereocenters. The molecule has 4 rings (SSSR count). The van der Waals surface area contributed by atoms with Gasteiger partial charge in [0.05, 0.1) is 12.7 Å². The first kappa shape index (κ1) is 14.5. The molecule has 2 aromatic heterocycles. The Kier molecular flexibility index (Phi) is 3.67. The topological polar surface area (TPSA) is 46.9 Å². The van der Waals surface area contributed by atoms with Crippen LogP contribution in [0.5, 0.6) is 0 Å². The van der Waals surface area contributed by atoms with Crippen molar-refractivity contribution in [1.29, 1.82) is 0 Å². The van der Waals surface area contributed by atoms with E-state index in [0.29, 0.717) is 18.0 Å². The average molecular weight is 344 g/mol. The van der Waals surface area contributed by atoms with E-state index >= 15 is 0 Å². The number of hydrogen-bond acceptors (Lipinski definition) is 3. The molecule has 0 aliphatic carbocycles. The van der Waals surface area contributed by atoms with Crippen LogP contribution < -0.4 is 5.32 Å². The van der Waals surface area contributed by atoms with E-state index in [1.54, 1.807) is 11.3 Å². The predicted octanol–water partition coefficient (Wildman–Crippen LogP) is 4.12. The fourth-order valence-electron chi connectivity index (χ4n) is 2.92. The molecule has 1 aromatic carbocycles. The first-order valence-electron chi connectivity index (χ1n) is 7.35. The Morgan fingerprint density at radius 2 is 2.17 bits per heavy atom. The Bertz CT molecular complexity index is 857. The molecular formula is C17H14ClN3OS. The molecule has 1 aliphatic heterocycles. The van der Waals surface area contributed by atoms with E-state index in [1.807, 2.05) is 46.6 Å². The molecule has 116 valence electrons. The second kappa shape index (κ2) is 5.83. The summed E-state index contributed by atoms with van der Waals surface area (Å²) in [6.07, 6.45) is 2.32. The first-order valence-corrected chi connectivity index (χ1v) is 8.60. The third kappa shape index (κ3) is 2.66. The number of rotatable bonds is 3. The van der Waals surface area contributed by atoms with Gasteiger partial charge in [-0.15, -0.1) is 11.3 Å². The maximum absolute atomic E-state index is 12.1. The van der Waals surface area contributed by atoms with Gasteiger partial charge in [0, 0.05) is 27.8 Å². The smallest absolute Gasteiger partial charge is 0.226 e. The van der Waals surface area contributed by atoms with Gasteiger partial charge < -0.3 is 5.32 Å². The minimum atomic E-state index is 0.0248. The number of aromatic nitrogens is 2. The molecule has 0 saturated heterocycles. The zero-order valence-corrected chi connectivity index (χ0v) is 13.8. The van der Waals surface area contributed by atoms with Gasteiger partial charge in [-0.2, -0.15) is 5.10 Å². The van der Waals surface area contributed by atoms with Crippen LogP contribution >= 0.6 is 22.9 Å². The highest BCUT2D eigenvalue weighted by Crippen LogP contribution is 2.39. The third-order valence-corrected chi connectivity index (χ3v) is 5.41. The van der Waals surface area contributed by atoms with Gasteiger partial charge in [-0.05, 0) is 23.1 Å². The maximum atomic E-state index is 12.1. The largest absolute Gasteiger partial charge is 0.311 e. The number of carbonyl (C=O) groups excluding carboxylic acids is 1. The van der Waals surface area contributed by atoms with Crippen molar-refractivity contribution in [3.8, 4) is 0 Å². The summed E-state index contributed by atoms with van der Waals surface area (Å²) in [7, 11) is 0. The summed E-state index contributed by atoms with van der Waals surface area (Å²) in [5, 5.41) is 10.2. The normalized spacial score (nSPS) is 16.9. The average Bonchev–Trinajstić information content (AvgIpc) is 3.19. The predicted molar refractivity (Wildman–Crippen MR) is 92.2 cm³/mol. The summed E-state index contributed by atoms with van der Waals surface area (Å²) in [6, 6.07) is 11.8. The van der Waals surface area contributed by atoms with Gasteiger partial charge in [0.1, 0.15) is 5.82 Å². The molecule has 3 aromatic rings. The van der Waals surface area contributed by atoms with E-state index in [4.69, 9.17) is 11.6 Å². The standard InChI is InChI=1S/C17H14ClN3OS/c18-14-5-2-1-4-11(14)10-21-17-13(9-19-21)12(8-16(22)20-17)15-6-3-7-23-15/h1-7,9,12H,8,10H2,(H,20,22). The second-order valence-corrected chi connectivity index (χ2v) is 6.90. The Morgan fingerprint density at radius 1 is 1.30 bits per heavy atom. The van der Waals surface area contributed by atoms with E-state index in [2.05, 4.69) is 16.5 Å². The van der Waals surface area contributed by atoms with Gasteiger partial charge >= 0.3 is 0 Å². The van der Waals surface area contributed by atoms with Gasteiger partial charge in [0.25, 0.3) is 0 Å². The zero-order valence-electron chi connectivity index (χ0n) is 12.2. The highest BCUT2D eigenvalue weighted by atomic mass is 35.5. The van der Waals surface area contributed by atoms with Crippen LogP contribution in [-0.2, 0) is 11.3 Å². The molecule has 1 unspecified atom stereocenters. The van der Waals surface area contributed by atoms with Crippen LogP contribution in [-0.4, -0.2) is 15.7 Å². The summed E-state index contributed by atoms with van der Waals surface area (Å²) in [4.78, 5) is 13.3. The minimum absolute atomic E-state index is 0.0248. The van der Waals surface area contributed by atoms with E-state index in [-0.39, 0.29) is 11.8 Å². The number of anilines is 1. The van der Waals surface area contributed by atoms with Crippen molar-refractivity contribution in [2.45, 2.75) is 18.9 Å².